The number of imidazole rings is 1. The summed E-state index contributed by atoms with van der Waals surface area (Å²) in [6.07, 6.45) is 6.19. The first kappa shape index (κ1) is 12.6. The standard InChI is InChI=1S/C14H16N6/c1-11-16-6-8-20(11)13-17-5-3-12(18-13)19-7-4-14(2,9-15)10-19/h3,5-6,8H,4,7,10H2,1-2H3. The molecule has 0 aromatic carbocycles. The average Bonchev–Trinajstić information content (AvgIpc) is 3.06. The van der Waals surface area contributed by atoms with Crippen LogP contribution in [0.4, 0.5) is 5.82 Å². The second-order valence-electron chi connectivity index (χ2n) is 5.40. The average molecular weight is 268 g/mol. The predicted molar refractivity (Wildman–Crippen MR) is 74.4 cm³/mol. The number of hydrogen-bond donors (Lipinski definition) is 0. The summed E-state index contributed by atoms with van der Waals surface area (Å²) in [6.45, 7) is 5.47. The lowest BCUT2D eigenvalue weighted by atomic mass is 9.92. The van der Waals surface area contributed by atoms with Crippen LogP contribution in [0.3, 0.4) is 0 Å². The third-order valence-corrected chi connectivity index (χ3v) is 3.74. The van der Waals surface area contributed by atoms with Crippen molar-refractivity contribution in [1.29, 1.82) is 5.26 Å². The Bertz CT molecular complexity index is 670. The number of anilines is 1. The summed E-state index contributed by atoms with van der Waals surface area (Å²) < 4.78 is 1.85. The Morgan fingerprint density at radius 3 is 2.85 bits per heavy atom. The molecule has 1 unspecified atom stereocenters. The minimum atomic E-state index is -0.282. The Labute approximate surface area is 117 Å². The normalized spacial score (nSPS) is 21.9. The summed E-state index contributed by atoms with van der Waals surface area (Å²) in [5, 5.41) is 9.21. The molecule has 0 aliphatic carbocycles. The van der Waals surface area contributed by atoms with E-state index in [-0.39, 0.29) is 5.41 Å². The monoisotopic (exact) mass is 268 g/mol. The lowest BCUT2D eigenvalue weighted by Gasteiger charge is -2.19. The molecule has 1 saturated heterocycles. The molecule has 1 atom stereocenters. The number of nitriles is 1. The van der Waals surface area contributed by atoms with E-state index in [0.717, 1.165) is 24.6 Å². The van der Waals surface area contributed by atoms with Crippen LogP contribution >= 0.6 is 0 Å². The molecule has 20 heavy (non-hydrogen) atoms. The summed E-state index contributed by atoms with van der Waals surface area (Å²) in [6, 6.07) is 4.28. The molecule has 3 rings (SSSR count). The van der Waals surface area contributed by atoms with E-state index in [2.05, 4.69) is 25.9 Å². The fourth-order valence-electron chi connectivity index (χ4n) is 2.47. The van der Waals surface area contributed by atoms with Gasteiger partial charge in [0.05, 0.1) is 11.5 Å². The number of nitrogens with zero attached hydrogens (tertiary/aromatic N) is 6. The minimum absolute atomic E-state index is 0.282. The molecule has 0 bridgehead atoms. The Hall–Kier alpha value is -2.42. The highest BCUT2D eigenvalue weighted by Gasteiger charge is 2.34. The highest BCUT2D eigenvalue weighted by atomic mass is 15.3. The predicted octanol–water partition coefficient (Wildman–Crippen LogP) is 1.71. The molecule has 102 valence electrons. The van der Waals surface area contributed by atoms with Crippen molar-refractivity contribution in [3.05, 3.63) is 30.5 Å². The van der Waals surface area contributed by atoms with Gasteiger partial charge in [-0.2, -0.15) is 10.2 Å². The maximum absolute atomic E-state index is 9.21. The zero-order valence-corrected chi connectivity index (χ0v) is 11.6. The molecule has 0 spiro atoms. The quantitative estimate of drug-likeness (QED) is 0.829. The maximum Gasteiger partial charge on any atom is 0.237 e. The zero-order valence-electron chi connectivity index (χ0n) is 11.6. The first-order valence-corrected chi connectivity index (χ1v) is 6.61. The molecule has 2 aromatic rings. The first-order valence-electron chi connectivity index (χ1n) is 6.61. The van der Waals surface area contributed by atoms with E-state index in [1.54, 1.807) is 12.4 Å². The lowest BCUT2D eigenvalue weighted by Crippen LogP contribution is -2.24. The van der Waals surface area contributed by atoms with E-state index in [4.69, 9.17) is 0 Å². The third kappa shape index (κ3) is 2.11. The lowest BCUT2D eigenvalue weighted by molar-refractivity contribution is 0.502. The summed E-state index contributed by atoms with van der Waals surface area (Å²) >= 11 is 0. The van der Waals surface area contributed by atoms with Crippen LogP contribution in [-0.2, 0) is 0 Å². The van der Waals surface area contributed by atoms with Gasteiger partial charge in [0, 0.05) is 31.7 Å². The van der Waals surface area contributed by atoms with Crippen molar-refractivity contribution in [3.63, 3.8) is 0 Å². The Morgan fingerprint density at radius 1 is 1.35 bits per heavy atom. The number of aromatic nitrogens is 4. The van der Waals surface area contributed by atoms with Crippen LogP contribution in [0.25, 0.3) is 5.95 Å². The Morgan fingerprint density at radius 2 is 2.20 bits per heavy atom. The maximum atomic E-state index is 9.21. The molecule has 0 saturated carbocycles. The number of hydrogen-bond acceptors (Lipinski definition) is 5. The summed E-state index contributed by atoms with van der Waals surface area (Å²) in [4.78, 5) is 15.2. The van der Waals surface area contributed by atoms with Gasteiger partial charge in [0.1, 0.15) is 11.6 Å². The summed E-state index contributed by atoms with van der Waals surface area (Å²) in [7, 11) is 0. The van der Waals surface area contributed by atoms with Crippen LogP contribution in [0.2, 0.25) is 0 Å². The molecule has 0 amide bonds. The van der Waals surface area contributed by atoms with E-state index >= 15 is 0 Å². The van der Waals surface area contributed by atoms with E-state index in [1.807, 2.05) is 30.7 Å². The summed E-state index contributed by atoms with van der Waals surface area (Å²) in [5.74, 6) is 2.33. The topological polar surface area (TPSA) is 70.6 Å². The van der Waals surface area contributed by atoms with Crippen molar-refractivity contribution >= 4 is 5.82 Å². The Balaban J connectivity index is 1.90. The van der Waals surface area contributed by atoms with Crippen molar-refractivity contribution in [2.24, 2.45) is 5.41 Å². The fourth-order valence-corrected chi connectivity index (χ4v) is 2.47. The van der Waals surface area contributed by atoms with Crippen LogP contribution in [0.1, 0.15) is 19.2 Å². The molecule has 3 heterocycles. The highest BCUT2D eigenvalue weighted by molar-refractivity contribution is 5.42. The van der Waals surface area contributed by atoms with Gasteiger partial charge in [0.15, 0.2) is 0 Å². The second kappa shape index (κ2) is 4.60. The van der Waals surface area contributed by atoms with Gasteiger partial charge < -0.3 is 4.90 Å². The van der Waals surface area contributed by atoms with Gasteiger partial charge in [-0.05, 0) is 26.3 Å². The van der Waals surface area contributed by atoms with E-state index in [9.17, 15) is 5.26 Å². The van der Waals surface area contributed by atoms with Gasteiger partial charge in [0.25, 0.3) is 0 Å². The molecule has 6 heteroatoms. The smallest absolute Gasteiger partial charge is 0.237 e. The van der Waals surface area contributed by atoms with Crippen molar-refractivity contribution < 1.29 is 0 Å². The van der Waals surface area contributed by atoms with E-state index in [0.29, 0.717) is 12.5 Å². The van der Waals surface area contributed by atoms with Crippen molar-refractivity contribution in [2.45, 2.75) is 20.3 Å². The van der Waals surface area contributed by atoms with Gasteiger partial charge >= 0.3 is 0 Å². The first-order chi connectivity index (χ1) is 9.61. The van der Waals surface area contributed by atoms with Crippen molar-refractivity contribution in [2.75, 3.05) is 18.0 Å². The zero-order chi connectivity index (χ0) is 14.2. The van der Waals surface area contributed by atoms with Crippen LogP contribution in [-0.4, -0.2) is 32.6 Å². The van der Waals surface area contributed by atoms with Crippen LogP contribution < -0.4 is 4.90 Å². The molecule has 1 aliphatic heterocycles. The van der Waals surface area contributed by atoms with Gasteiger partial charge in [-0.3, -0.25) is 4.57 Å². The summed E-state index contributed by atoms with van der Waals surface area (Å²) in [5.41, 5.74) is -0.282. The second-order valence-corrected chi connectivity index (χ2v) is 5.40. The number of rotatable bonds is 2. The minimum Gasteiger partial charge on any atom is -0.355 e. The molecule has 1 aliphatic rings. The van der Waals surface area contributed by atoms with E-state index in [1.165, 1.54) is 0 Å². The van der Waals surface area contributed by atoms with Gasteiger partial charge in [-0.1, -0.05) is 0 Å². The SMILES string of the molecule is Cc1nccn1-c1nccc(N2CCC(C)(C#N)C2)n1. The van der Waals surface area contributed by atoms with Crippen LogP contribution in [0, 0.1) is 23.7 Å². The molecule has 0 N–H and O–H groups in total. The van der Waals surface area contributed by atoms with Crippen molar-refractivity contribution in [1.82, 2.24) is 19.5 Å². The van der Waals surface area contributed by atoms with E-state index < -0.39 is 0 Å². The third-order valence-electron chi connectivity index (χ3n) is 3.74. The van der Waals surface area contributed by atoms with Crippen LogP contribution in [0.5, 0.6) is 0 Å². The molecular formula is C14H16N6. The molecular weight excluding hydrogens is 252 g/mol. The molecule has 6 nitrogen and oxygen atoms in total. The molecule has 0 radical (unpaired) electrons. The number of aryl methyl sites for hydroxylation is 1. The van der Waals surface area contributed by atoms with Gasteiger partial charge in [0.2, 0.25) is 5.95 Å². The van der Waals surface area contributed by atoms with Gasteiger partial charge in [-0.25, -0.2) is 9.97 Å². The largest absolute Gasteiger partial charge is 0.355 e. The molecule has 2 aromatic heterocycles. The van der Waals surface area contributed by atoms with Crippen LogP contribution in [0.15, 0.2) is 24.7 Å². The molecule has 1 fully saturated rings. The van der Waals surface area contributed by atoms with Crippen molar-refractivity contribution in [3.8, 4) is 12.0 Å². The highest BCUT2D eigenvalue weighted by Crippen LogP contribution is 2.31. The fraction of sp³-hybridized carbons (Fsp3) is 0.429. The van der Waals surface area contributed by atoms with Gasteiger partial charge in [-0.15, -0.1) is 0 Å². The Kier molecular flexibility index (Phi) is 2.90.